The van der Waals surface area contributed by atoms with E-state index in [0.717, 1.165) is 25.9 Å². The van der Waals surface area contributed by atoms with Crippen molar-refractivity contribution in [2.75, 3.05) is 13.2 Å². The van der Waals surface area contributed by atoms with Crippen molar-refractivity contribution in [1.82, 2.24) is 5.32 Å². The van der Waals surface area contributed by atoms with Crippen LogP contribution in [0, 0.1) is 0 Å². The summed E-state index contributed by atoms with van der Waals surface area (Å²) in [6, 6.07) is 10.9. The van der Waals surface area contributed by atoms with Gasteiger partial charge in [-0.1, -0.05) is 30.3 Å². The van der Waals surface area contributed by atoms with Crippen LogP contribution in [0.3, 0.4) is 0 Å². The van der Waals surface area contributed by atoms with Crippen molar-refractivity contribution >= 4 is 0 Å². The second kappa shape index (κ2) is 6.88. The maximum Gasteiger partial charge on any atom is 0.0587 e. The Hall–Kier alpha value is -0.900. The van der Waals surface area contributed by atoms with Gasteiger partial charge in [-0.3, -0.25) is 0 Å². The Balaban J connectivity index is 1.85. The van der Waals surface area contributed by atoms with E-state index in [0.29, 0.717) is 12.1 Å². The molecule has 0 amide bonds. The molecule has 0 aromatic heterocycles. The molecule has 1 saturated heterocycles. The first kappa shape index (κ1) is 13.5. The van der Waals surface area contributed by atoms with Gasteiger partial charge in [-0.05, 0) is 31.7 Å². The fraction of sp³-hybridized carbons (Fsp3) is 0.600. The number of benzene rings is 1. The molecule has 0 aliphatic carbocycles. The van der Waals surface area contributed by atoms with E-state index in [1.54, 1.807) is 0 Å². The highest BCUT2D eigenvalue weighted by Crippen LogP contribution is 2.14. The zero-order chi connectivity index (χ0) is 12.8. The molecular weight excluding hydrogens is 226 g/mol. The van der Waals surface area contributed by atoms with E-state index in [9.17, 15) is 5.11 Å². The van der Waals surface area contributed by atoms with Gasteiger partial charge in [0.15, 0.2) is 0 Å². The molecule has 0 bridgehead atoms. The molecule has 2 N–H and O–H groups in total. The molecule has 1 fully saturated rings. The first-order valence-corrected chi connectivity index (χ1v) is 6.80. The molecule has 1 aromatic carbocycles. The van der Waals surface area contributed by atoms with Crippen molar-refractivity contribution in [3.05, 3.63) is 35.9 Å². The van der Waals surface area contributed by atoms with Crippen molar-refractivity contribution in [2.24, 2.45) is 0 Å². The fourth-order valence-electron chi connectivity index (χ4n) is 2.56. The zero-order valence-electron chi connectivity index (χ0n) is 11.0. The monoisotopic (exact) mass is 249 g/mol. The maximum absolute atomic E-state index is 9.49. The summed E-state index contributed by atoms with van der Waals surface area (Å²) < 4.78 is 5.54. The summed E-state index contributed by atoms with van der Waals surface area (Å²) in [6.07, 6.45) is 3.27. The normalized spacial score (nSPS) is 25.9. The quantitative estimate of drug-likeness (QED) is 0.835. The number of aliphatic hydroxyl groups excluding tert-OH is 1. The average molecular weight is 249 g/mol. The van der Waals surface area contributed by atoms with Gasteiger partial charge in [0.05, 0.1) is 12.7 Å². The highest BCUT2D eigenvalue weighted by atomic mass is 16.5. The van der Waals surface area contributed by atoms with Gasteiger partial charge >= 0.3 is 0 Å². The van der Waals surface area contributed by atoms with E-state index in [2.05, 4.69) is 24.4 Å². The number of hydrogen-bond donors (Lipinski definition) is 2. The topological polar surface area (TPSA) is 41.5 Å². The summed E-state index contributed by atoms with van der Waals surface area (Å²) in [6.45, 7) is 3.11. The van der Waals surface area contributed by atoms with Gasteiger partial charge in [0, 0.05) is 18.7 Å². The molecule has 100 valence electrons. The lowest BCUT2D eigenvalue weighted by Crippen LogP contribution is -2.46. The SMILES string of the molecule is CC1CC(N[C@@H](CO)Cc2ccccc2)CCO1. The van der Waals surface area contributed by atoms with Crippen LogP contribution in [-0.2, 0) is 11.2 Å². The minimum atomic E-state index is 0.141. The molecule has 1 aliphatic rings. The maximum atomic E-state index is 9.49. The Labute approximate surface area is 109 Å². The summed E-state index contributed by atoms with van der Waals surface area (Å²) in [7, 11) is 0. The molecule has 2 unspecified atom stereocenters. The predicted molar refractivity (Wildman–Crippen MR) is 72.6 cm³/mol. The largest absolute Gasteiger partial charge is 0.395 e. The van der Waals surface area contributed by atoms with E-state index in [1.165, 1.54) is 5.56 Å². The standard InChI is InChI=1S/C15H23NO2/c1-12-9-14(7-8-18-12)16-15(11-17)10-13-5-3-2-4-6-13/h2-6,12,14-17H,7-11H2,1H3/t12?,14?,15-/m1/s1. The van der Waals surface area contributed by atoms with Crippen LogP contribution in [0.2, 0.25) is 0 Å². The number of ether oxygens (including phenoxy) is 1. The van der Waals surface area contributed by atoms with Crippen molar-refractivity contribution in [2.45, 2.75) is 44.4 Å². The van der Waals surface area contributed by atoms with Gasteiger partial charge in [-0.2, -0.15) is 0 Å². The summed E-state index contributed by atoms with van der Waals surface area (Å²) in [4.78, 5) is 0. The smallest absolute Gasteiger partial charge is 0.0587 e. The molecule has 1 aromatic rings. The molecule has 0 spiro atoms. The van der Waals surface area contributed by atoms with Crippen LogP contribution in [-0.4, -0.2) is 36.5 Å². The van der Waals surface area contributed by atoms with Crippen LogP contribution < -0.4 is 5.32 Å². The van der Waals surface area contributed by atoms with E-state index >= 15 is 0 Å². The third kappa shape index (κ3) is 4.09. The number of hydrogen-bond acceptors (Lipinski definition) is 3. The Kier molecular flexibility index (Phi) is 5.17. The molecule has 3 atom stereocenters. The zero-order valence-corrected chi connectivity index (χ0v) is 11.0. The Morgan fingerprint density at radius 3 is 2.83 bits per heavy atom. The number of aliphatic hydroxyl groups is 1. The van der Waals surface area contributed by atoms with Crippen LogP contribution in [0.15, 0.2) is 30.3 Å². The third-order valence-corrected chi connectivity index (χ3v) is 3.50. The van der Waals surface area contributed by atoms with Gasteiger partial charge in [0.2, 0.25) is 0 Å². The molecular formula is C15H23NO2. The Morgan fingerprint density at radius 2 is 2.17 bits per heavy atom. The van der Waals surface area contributed by atoms with Gasteiger partial charge in [0.25, 0.3) is 0 Å². The second-order valence-electron chi connectivity index (χ2n) is 5.14. The summed E-state index contributed by atoms with van der Waals surface area (Å²) in [5.41, 5.74) is 1.27. The highest BCUT2D eigenvalue weighted by molar-refractivity contribution is 5.16. The van der Waals surface area contributed by atoms with Crippen LogP contribution in [0.25, 0.3) is 0 Å². The van der Waals surface area contributed by atoms with Crippen LogP contribution >= 0.6 is 0 Å². The van der Waals surface area contributed by atoms with E-state index in [4.69, 9.17) is 4.74 Å². The van der Waals surface area contributed by atoms with Crippen LogP contribution in [0.1, 0.15) is 25.3 Å². The average Bonchev–Trinajstić information content (AvgIpc) is 2.39. The van der Waals surface area contributed by atoms with Gasteiger partial charge < -0.3 is 15.2 Å². The van der Waals surface area contributed by atoms with Gasteiger partial charge in [-0.15, -0.1) is 0 Å². The van der Waals surface area contributed by atoms with Crippen molar-refractivity contribution in [3.63, 3.8) is 0 Å². The summed E-state index contributed by atoms with van der Waals surface area (Å²) >= 11 is 0. The first-order valence-electron chi connectivity index (χ1n) is 6.80. The molecule has 2 rings (SSSR count). The summed E-state index contributed by atoms with van der Waals surface area (Å²) in [5, 5.41) is 13.0. The molecule has 1 aliphatic heterocycles. The Morgan fingerprint density at radius 1 is 1.39 bits per heavy atom. The fourth-order valence-corrected chi connectivity index (χ4v) is 2.56. The van der Waals surface area contributed by atoms with Gasteiger partial charge in [-0.25, -0.2) is 0 Å². The molecule has 3 heteroatoms. The van der Waals surface area contributed by atoms with Crippen LogP contribution in [0.5, 0.6) is 0 Å². The Bertz CT molecular complexity index is 342. The first-order chi connectivity index (χ1) is 8.78. The van der Waals surface area contributed by atoms with E-state index in [-0.39, 0.29) is 12.6 Å². The second-order valence-corrected chi connectivity index (χ2v) is 5.14. The van der Waals surface area contributed by atoms with Crippen LogP contribution in [0.4, 0.5) is 0 Å². The minimum Gasteiger partial charge on any atom is -0.395 e. The lowest BCUT2D eigenvalue weighted by molar-refractivity contribution is 0.00971. The lowest BCUT2D eigenvalue weighted by Gasteiger charge is -2.31. The van der Waals surface area contributed by atoms with Gasteiger partial charge in [0.1, 0.15) is 0 Å². The number of rotatable bonds is 5. The van der Waals surface area contributed by atoms with E-state index in [1.807, 2.05) is 18.2 Å². The highest BCUT2D eigenvalue weighted by Gasteiger charge is 2.21. The summed E-state index contributed by atoms with van der Waals surface area (Å²) in [5.74, 6) is 0. The molecule has 0 radical (unpaired) electrons. The molecule has 18 heavy (non-hydrogen) atoms. The van der Waals surface area contributed by atoms with E-state index < -0.39 is 0 Å². The molecule has 3 nitrogen and oxygen atoms in total. The third-order valence-electron chi connectivity index (χ3n) is 3.50. The lowest BCUT2D eigenvalue weighted by atomic mass is 10.0. The molecule has 0 saturated carbocycles. The molecule has 1 heterocycles. The van der Waals surface area contributed by atoms with Crippen molar-refractivity contribution in [3.8, 4) is 0 Å². The minimum absolute atomic E-state index is 0.141. The predicted octanol–water partition coefficient (Wildman–Crippen LogP) is 1.75. The van der Waals surface area contributed by atoms with Crippen molar-refractivity contribution < 1.29 is 9.84 Å². The van der Waals surface area contributed by atoms with Crippen molar-refractivity contribution in [1.29, 1.82) is 0 Å². The number of nitrogens with one attached hydrogen (secondary N) is 1.